The van der Waals surface area contributed by atoms with Crippen molar-refractivity contribution in [1.29, 1.82) is 0 Å². The summed E-state index contributed by atoms with van der Waals surface area (Å²) in [6.45, 7) is 3.49. The molecule has 38 heavy (non-hydrogen) atoms. The van der Waals surface area contributed by atoms with E-state index in [0.717, 1.165) is 24.9 Å². The largest absolute Gasteiger partial charge is 0.491 e. The fraction of sp³-hybridized carbons (Fsp3) is 0.484. The number of ether oxygens (including phenoxy) is 1. The van der Waals surface area contributed by atoms with Crippen molar-refractivity contribution >= 4 is 28.7 Å². The van der Waals surface area contributed by atoms with Crippen molar-refractivity contribution in [2.24, 2.45) is 0 Å². The number of aromatic nitrogens is 1. The van der Waals surface area contributed by atoms with Gasteiger partial charge in [-0.2, -0.15) is 4.57 Å². The number of amides is 2. The second kappa shape index (κ2) is 17.6. The van der Waals surface area contributed by atoms with Gasteiger partial charge in [0, 0.05) is 23.0 Å². The fourth-order valence-corrected chi connectivity index (χ4v) is 5.02. The standard InChI is InChI=1S/C31H42FN3O2S/c1-2-3-4-5-6-7-8-9-10-11-12-13-20-37-30-18-17-28(23-29(30)32)34-31(36)33-27-16-14-15-26(22-27)24-35-19-21-38-25-35/h14-19,21-23,25H,2-13,20,24H2,1H3,(H-,33,34,36)/p+1. The van der Waals surface area contributed by atoms with Crippen molar-refractivity contribution in [2.45, 2.75) is 90.5 Å². The number of hydrogen-bond donors (Lipinski definition) is 2. The summed E-state index contributed by atoms with van der Waals surface area (Å²) in [5.74, 6) is -0.255. The quantitative estimate of drug-likeness (QED) is 0.125. The summed E-state index contributed by atoms with van der Waals surface area (Å²) < 4.78 is 22.2. The van der Waals surface area contributed by atoms with Gasteiger partial charge in [0.15, 0.2) is 24.3 Å². The Morgan fingerprint density at radius 1 is 0.868 bits per heavy atom. The van der Waals surface area contributed by atoms with Gasteiger partial charge in [0.1, 0.15) is 0 Å². The van der Waals surface area contributed by atoms with E-state index in [2.05, 4.69) is 22.1 Å². The van der Waals surface area contributed by atoms with Crippen molar-refractivity contribution in [3.63, 3.8) is 0 Å². The molecule has 0 saturated carbocycles. The second-order valence-corrected chi connectivity index (χ2v) is 10.6. The van der Waals surface area contributed by atoms with Gasteiger partial charge >= 0.3 is 6.03 Å². The van der Waals surface area contributed by atoms with Gasteiger partial charge in [0.05, 0.1) is 12.0 Å². The molecule has 5 nitrogen and oxygen atoms in total. The first-order valence-corrected chi connectivity index (χ1v) is 15.1. The number of urea groups is 1. The molecule has 0 aliphatic carbocycles. The van der Waals surface area contributed by atoms with Crippen LogP contribution >= 0.6 is 11.3 Å². The Labute approximate surface area is 231 Å². The number of halogens is 1. The summed E-state index contributed by atoms with van der Waals surface area (Å²) in [4.78, 5) is 12.4. The Morgan fingerprint density at radius 3 is 2.16 bits per heavy atom. The van der Waals surface area contributed by atoms with Crippen molar-refractivity contribution in [1.82, 2.24) is 0 Å². The van der Waals surface area contributed by atoms with E-state index in [0.29, 0.717) is 18.0 Å². The van der Waals surface area contributed by atoms with Crippen LogP contribution in [-0.2, 0) is 6.54 Å². The molecule has 1 aromatic heterocycles. The summed E-state index contributed by atoms with van der Waals surface area (Å²) in [6.07, 6.45) is 17.3. The van der Waals surface area contributed by atoms with Crippen molar-refractivity contribution in [3.05, 3.63) is 70.9 Å². The first kappa shape index (κ1) is 29.6. The molecule has 0 fully saturated rings. The second-order valence-electron chi connectivity index (χ2n) is 9.86. The minimum atomic E-state index is -0.475. The van der Waals surface area contributed by atoms with Crippen LogP contribution in [0, 0.1) is 5.82 Å². The van der Waals surface area contributed by atoms with Gasteiger partial charge < -0.3 is 15.4 Å². The lowest BCUT2D eigenvalue weighted by Gasteiger charge is -2.11. The molecule has 7 heteroatoms. The predicted molar refractivity (Wildman–Crippen MR) is 156 cm³/mol. The van der Waals surface area contributed by atoms with Crippen LogP contribution in [0.5, 0.6) is 5.75 Å². The van der Waals surface area contributed by atoms with Gasteiger partial charge in [-0.1, -0.05) is 101 Å². The Bertz CT molecular complexity index is 1070. The van der Waals surface area contributed by atoms with E-state index >= 15 is 0 Å². The third-order valence-electron chi connectivity index (χ3n) is 6.52. The van der Waals surface area contributed by atoms with E-state index in [4.69, 9.17) is 4.74 Å². The number of hydrogen-bond acceptors (Lipinski definition) is 3. The first-order chi connectivity index (χ1) is 18.6. The predicted octanol–water partition coefficient (Wildman–Crippen LogP) is 8.95. The number of rotatable bonds is 18. The molecule has 0 aliphatic heterocycles. The summed E-state index contributed by atoms with van der Waals surface area (Å²) in [5.41, 5.74) is 4.17. The molecule has 3 rings (SSSR count). The minimum absolute atomic E-state index is 0.220. The molecule has 206 valence electrons. The van der Waals surface area contributed by atoms with Gasteiger partial charge in [-0.15, -0.1) is 0 Å². The lowest BCUT2D eigenvalue weighted by molar-refractivity contribution is -0.683. The molecule has 2 N–H and O–H groups in total. The zero-order valence-corrected chi connectivity index (χ0v) is 23.5. The number of thiazole rings is 1. The molecule has 3 aromatic rings. The van der Waals surface area contributed by atoms with Gasteiger partial charge in [-0.05, 0) is 30.7 Å². The van der Waals surface area contributed by atoms with Crippen molar-refractivity contribution in [2.75, 3.05) is 17.2 Å². The molecule has 0 atom stereocenters. The average Bonchev–Trinajstić information content (AvgIpc) is 3.41. The molecule has 2 amide bonds. The molecule has 0 unspecified atom stereocenters. The maximum atomic E-state index is 14.5. The van der Waals surface area contributed by atoms with Crippen LogP contribution in [0.25, 0.3) is 0 Å². The molecule has 0 radical (unpaired) electrons. The lowest BCUT2D eigenvalue weighted by atomic mass is 10.1. The molecular weight excluding hydrogens is 497 g/mol. The van der Waals surface area contributed by atoms with Crippen molar-refractivity contribution < 1.29 is 18.5 Å². The third kappa shape index (κ3) is 11.6. The van der Waals surface area contributed by atoms with E-state index in [1.54, 1.807) is 23.5 Å². The Balaban J connectivity index is 1.29. The Kier molecular flexibility index (Phi) is 13.7. The molecule has 0 bridgehead atoms. The van der Waals surface area contributed by atoms with E-state index in [-0.39, 0.29) is 5.75 Å². The highest BCUT2D eigenvalue weighted by Crippen LogP contribution is 2.22. The van der Waals surface area contributed by atoms with Crippen LogP contribution in [0.2, 0.25) is 0 Å². The monoisotopic (exact) mass is 540 g/mol. The van der Waals surface area contributed by atoms with Crippen LogP contribution in [0.4, 0.5) is 20.6 Å². The van der Waals surface area contributed by atoms with Gasteiger partial charge in [0.2, 0.25) is 5.51 Å². The van der Waals surface area contributed by atoms with Crippen LogP contribution in [0.1, 0.15) is 89.5 Å². The zero-order valence-electron chi connectivity index (χ0n) is 22.7. The summed E-state index contributed by atoms with van der Waals surface area (Å²) in [6, 6.07) is 11.8. The average molecular weight is 541 g/mol. The van der Waals surface area contributed by atoms with Crippen molar-refractivity contribution in [3.8, 4) is 5.75 Å². The molecule has 0 aliphatic rings. The molecular formula is C31H43FN3O2S+. The van der Waals surface area contributed by atoms with Crippen LogP contribution in [-0.4, -0.2) is 12.6 Å². The summed E-state index contributed by atoms with van der Waals surface area (Å²) in [5, 5.41) is 7.52. The minimum Gasteiger partial charge on any atom is -0.491 e. The Hall–Kier alpha value is -2.93. The Morgan fingerprint density at radius 2 is 1.53 bits per heavy atom. The fourth-order valence-electron chi connectivity index (χ4n) is 4.42. The number of nitrogens with one attached hydrogen (secondary N) is 2. The zero-order chi connectivity index (χ0) is 26.8. The number of nitrogens with zero attached hydrogens (tertiary/aromatic N) is 1. The van der Waals surface area contributed by atoms with E-state index in [9.17, 15) is 9.18 Å². The van der Waals surface area contributed by atoms with Gasteiger partial charge in [0.25, 0.3) is 0 Å². The highest BCUT2D eigenvalue weighted by Gasteiger charge is 2.09. The molecule has 0 saturated heterocycles. The number of carbonyl (C=O) groups is 1. The maximum absolute atomic E-state index is 14.5. The number of carbonyl (C=O) groups excluding carboxylic acids is 1. The molecule has 1 heterocycles. The molecule has 0 spiro atoms. The molecule has 2 aromatic carbocycles. The van der Waals surface area contributed by atoms with E-state index in [1.165, 1.54) is 70.3 Å². The summed E-state index contributed by atoms with van der Waals surface area (Å²) in [7, 11) is 0. The lowest BCUT2D eigenvalue weighted by Crippen LogP contribution is -2.30. The van der Waals surface area contributed by atoms with Gasteiger partial charge in [-0.3, -0.25) is 0 Å². The van der Waals surface area contributed by atoms with Gasteiger partial charge in [-0.25, -0.2) is 9.18 Å². The van der Waals surface area contributed by atoms with E-state index in [1.807, 2.05) is 41.4 Å². The maximum Gasteiger partial charge on any atom is 0.323 e. The van der Waals surface area contributed by atoms with E-state index < -0.39 is 11.8 Å². The normalized spacial score (nSPS) is 10.9. The third-order valence-corrected chi connectivity index (χ3v) is 7.19. The highest BCUT2D eigenvalue weighted by molar-refractivity contribution is 7.07. The first-order valence-electron chi connectivity index (χ1n) is 14.1. The number of benzene rings is 2. The van der Waals surface area contributed by atoms with Crippen LogP contribution in [0.3, 0.4) is 0 Å². The highest BCUT2D eigenvalue weighted by atomic mass is 32.1. The summed E-state index contributed by atoms with van der Waals surface area (Å²) >= 11 is 1.63. The topological polar surface area (TPSA) is 54.2 Å². The number of unbranched alkanes of at least 4 members (excludes halogenated alkanes) is 11. The van der Waals surface area contributed by atoms with Crippen LogP contribution < -0.4 is 19.9 Å². The van der Waals surface area contributed by atoms with Crippen LogP contribution in [0.15, 0.2) is 59.6 Å². The smallest absolute Gasteiger partial charge is 0.323 e. The SMILES string of the molecule is CCCCCCCCCCCCCCOc1ccc(NC(=O)Nc2cccc(C[n+]3ccsc3)c2)cc1F. The number of anilines is 2.